The molecule has 4 heteroatoms. The number of thiophene rings is 1. The first-order chi connectivity index (χ1) is 29.4. The first-order valence-electron chi connectivity index (χ1n) is 23.2. The van der Waals surface area contributed by atoms with Gasteiger partial charge in [0.05, 0.1) is 11.2 Å². The molecule has 4 aliphatic rings. The lowest BCUT2D eigenvalue weighted by molar-refractivity contribution is 0.195. The number of anilines is 5. The van der Waals surface area contributed by atoms with Gasteiger partial charge in [-0.2, -0.15) is 0 Å². The summed E-state index contributed by atoms with van der Waals surface area (Å²) in [7, 11) is 0. The second kappa shape index (κ2) is 13.2. The molecule has 11 rings (SSSR count). The van der Waals surface area contributed by atoms with Crippen molar-refractivity contribution in [3.8, 4) is 22.3 Å². The lowest BCUT2D eigenvalue weighted by atomic mass is 9.36. The number of hydrogen-bond acceptors (Lipinski definition) is 3. The fourth-order valence-corrected chi connectivity index (χ4v) is 13.3. The van der Waals surface area contributed by atoms with E-state index in [4.69, 9.17) is 0 Å². The molecular weight excluding hydrogens is 768 g/mol. The molecular formula is C58H61BN2S. The van der Waals surface area contributed by atoms with E-state index in [1.54, 1.807) is 5.56 Å². The number of nitrogens with zero attached hydrogens (tertiary/aromatic N) is 2. The van der Waals surface area contributed by atoms with Crippen molar-refractivity contribution >= 4 is 72.3 Å². The van der Waals surface area contributed by atoms with Crippen molar-refractivity contribution in [2.75, 3.05) is 9.80 Å². The molecule has 4 heterocycles. The van der Waals surface area contributed by atoms with Crippen molar-refractivity contribution in [1.29, 1.82) is 0 Å². The average molecular weight is 829 g/mol. The molecule has 1 aromatic heterocycles. The van der Waals surface area contributed by atoms with E-state index in [1.165, 1.54) is 119 Å². The van der Waals surface area contributed by atoms with E-state index in [9.17, 15) is 0 Å². The quantitative estimate of drug-likeness (QED) is 0.164. The van der Waals surface area contributed by atoms with Crippen LogP contribution in [0.25, 0.3) is 32.3 Å². The van der Waals surface area contributed by atoms with Crippen molar-refractivity contribution in [3.05, 3.63) is 144 Å². The van der Waals surface area contributed by atoms with Crippen LogP contribution in [-0.2, 0) is 21.7 Å². The molecule has 0 radical (unpaired) electrons. The van der Waals surface area contributed by atoms with Crippen LogP contribution in [0.15, 0.2) is 121 Å². The summed E-state index contributed by atoms with van der Waals surface area (Å²) in [5.41, 5.74) is 20.6. The normalized spacial score (nSPS) is 20.3. The number of hydrogen-bond donors (Lipinski definition) is 0. The molecule has 2 nitrogen and oxygen atoms in total. The highest BCUT2D eigenvalue weighted by Gasteiger charge is 2.62. The highest BCUT2D eigenvalue weighted by atomic mass is 32.1. The van der Waals surface area contributed by atoms with Crippen molar-refractivity contribution in [2.45, 2.75) is 129 Å². The summed E-state index contributed by atoms with van der Waals surface area (Å²) < 4.78 is 2.82. The first-order valence-corrected chi connectivity index (χ1v) is 24.0. The molecule has 1 aliphatic carbocycles. The molecule has 0 amide bonds. The molecule has 2 atom stereocenters. The van der Waals surface area contributed by atoms with Crippen LogP contribution in [0, 0.1) is 0 Å². The van der Waals surface area contributed by atoms with Crippen molar-refractivity contribution in [3.63, 3.8) is 0 Å². The summed E-state index contributed by atoms with van der Waals surface area (Å²) in [6.45, 7) is 26.7. The van der Waals surface area contributed by atoms with Crippen molar-refractivity contribution < 1.29 is 0 Å². The molecule has 6 aromatic carbocycles. The predicted molar refractivity (Wildman–Crippen MR) is 271 cm³/mol. The topological polar surface area (TPSA) is 6.48 Å². The van der Waals surface area contributed by atoms with E-state index in [1.807, 2.05) is 11.3 Å². The van der Waals surface area contributed by atoms with E-state index in [2.05, 4.69) is 207 Å². The third-order valence-corrected chi connectivity index (χ3v) is 16.8. The Kier molecular flexibility index (Phi) is 8.49. The van der Waals surface area contributed by atoms with Crippen LogP contribution in [0.5, 0.6) is 0 Å². The van der Waals surface area contributed by atoms with E-state index in [0.717, 1.165) is 0 Å². The molecule has 312 valence electrons. The van der Waals surface area contributed by atoms with Crippen LogP contribution in [-0.4, -0.2) is 12.3 Å². The van der Waals surface area contributed by atoms with E-state index >= 15 is 0 Å². The van der Waals surface area contributed by atoms with Gasteiger partial charge in [-0.15, -0.1) is 11.3 Å². The van der Waals surface area contributed by atoms with Gasteiger partial charge >= 0.3 is 0 Å². The van der Waals surface area contributed by atoms with Crippen LogP contribution in [0.1, 0.15) is 124 Å². The fraction of sp³-hybridized carbons (Fsp3) is 0.345. The molecule has 0 N–H and O–H groups in total. The van der Waals surface area contributed by atoms with E-state index in [0.29, 0.717) is 0 Å². The molecule has 1 fully saturated rings. The fourth-order valence-electron chi connectivity index (χ4n) is 12.0. The number of rotatable bonds is 3. The van der Waals surface area contributed by atoms with Gasteiger partial charge in [0.2, 0.25) is 0 Å². The minimum Gasteiger partial charge on any atom is -0.335 e. The van der Waals surface area contributed by atoms with Crippen LogP contribution in [0.3, 0.4) is 0 Å². The van der Waals surface area contributed by atoms with Gasteiger partial charge in [0.1, 0.15) is 0 Å². The summed E-state index contributed by atoms with van der Waals surface area (Å²) in [5.74, 6) is 0. The molecule has 1 saturated carbocycles. The van der Waals surface area contributed by atoms with Gasteiger partial charge in [-0.3, -0.25) is 0 Å². The molecule has 2 unspecified atom stereocenters. The minimum atomic E-state index is -0.0609. The average Bonchev–Trinajstić information content (AvgIpc) is 3.71. The Morgan fingerprint density at radius 2 is 1.24 bits per heavy atom. The Labute approximate surface area is 375 Å². The van der Waals surface area contributed by atoms with Crippen LogP contribution in [0.4, 0.5) is 28.4 Å². The van der Waals surface area contributed by atoms with Gasteiger partial charge in [0, 0.05) is 43.0 Å². The van der Waals surface area contributed by atoms with Gasteiger partial charge in [-0.25, -0.2) is 0 Å². The summed E-state index contributed by atoms with van der Waals surface area (Å²) in [4.78, 5) is 5.61. The molecule has 0 saturated heterocycles. The van der Waals surface area contributed by atoms with Crippen molar-refractivity contribution in [2.24, 2.45) is 0 Å². The highest BCUT2D eigenvalue weighted by molar-refractivity contribution is 7.33. The summed E-state index contributed by atoms with van der Waals surface area (Å²) in [6.07, 6.45) is 4.93. The second-order valence-corrected chi connectivity index (χ2v) is 23.6. The molecule has 7 aromatic rings. The molecule has 0 spiro atoms. The summed E-state index contributed by atoms with van der Waals surface area (Å²) in [5, 5.41) is 1.36. The zero-order valence-corrected chi connectivity index (χ0v) is 39.6. The molecule has 0 bridgehead atoms. The standard InChI is InChI=1S/C58H61BN2S/c1-54(2,3)39-24-27-49-43(32-39)51-53(62-49)59-46-34-40(55(4,5)6)33-45-52(46)61(58(11)29-19-18-28-57(45,58)10)48-31-38(36-20-14-12-15-21-36)30-47(50(48)59)60(51)41-25-26-44(56(7,8)9)42(35-41)37-22-16-13-17-23-37/h12-17,20-27,30-35H,18-19,28-29H2,1-11H3. The van der Waals surface area contributed by atoms with Crippen LogP contribution < -0.4 is 25.5 Å². The minimum absolute atomic E-state index is 0.00853. The van der Waals surface area contributed by atoms with Crippen molar-refractivity contribution in [1.82, 2.24) is 0 Å². The van der Waals surface area contributed by atoms with Crippen LogP contribution >= 0.6 is 11.3 Å². The maximum Gasteiger partial charge on any atom is 0.264 e. The molecule has 3 aliphatic heterocycles. The SMILES string of the molecule is CC(C)(C)c1cc2c3c(c1)C1(C)CCCCC1(C)N3c1cc(-c3ccccc3)cc3c1B2c1sc2ccc(C(C)(C)C)cc2c1N3c1ccc(C(C)(C)C)c(-c2ccccc2)c1. The monoisotopic (exact) mass is 828 g/mol. The summed E-state index contributed by atoms with van der Waals surface area (Å²) >= 11 is 2.03. The maximum atomic E-state index is 2.90. The lowest BCUT2D eigenvalue weighted by Gasteiger charge is -2.52. The Hall–Kier alpha value is -5.06. The van der Waals surface area contributed by atoms with E-state index in [-0.39, 0.29) is 33.9 Å². The van der Waals surface area contributed by atoms with E-state index < -0.39 is 0 Å². The zero-order valence-electron chi connectivity index (χ0n) is 38.8. The van der Waals surface area contributed by atoms with Gasteiger partial charge in [-0.05, 0) is 128 Å². The van der Waals surface area contributed by atoms with Gasteiger partial charge in [0.15, 0.2) is 0 Å². The second-order valence-electron chi connectivity index (χ2n) is 22.5. The number of benzene rings is 6. The number of fused-ring (bicyclic) bond motifs is 9. The Morgan fingerprint density at radius 1 is 0.581 bits per heavy atom. The first kappa shape index (κ1) is 39.8. The zero-order chi connectivity index (χ0) is 43.3. The van der Waals surface area contributed by atoms with Gasteiger partial charge in [0.25, 0.3) is 6.71 Å². The van der Waals surface area contributed by atoms with Crippen LogP contribution in [0.2, 0.25) is 0 Å². The lowest BCUT2D eigenvalue weighted by Crippen LogP contribution is -2.64. The largest absolute Gasteiger partial charge is 0.335 e. The third kappa shape index (κ3) is 5.60. The Balaban J connectivity index is 1.31. The smallest absolute Gasteiger partial charge is 0.264 e. The van der Waals surface area contributed by atoms with Gasteiger partial charge in [-0.1, -0.05) is 167 Å². The Morgan fingerprint density at radius 3 is 1.92 bits per heavy atom. The Bertz CT molecular complexity index is 2960. The predicted octanol–water partition coefficient (Wildman–Crippen LogP) is 14.5. The summed E-state index contributed by atoms with van der Waals surface area (Å²) in [6, 6.07) is 47.4. The molecule has 62 heavy (non-hydrogen) atoms. The third-order valence-electron chi connectivity index (χ3n) is 15.6. The maximum absolute atomic E-state index is 2.90. The highest BCUT2D eigenvalue weighted by Crippen LogP contribution is 2.63. The van der Waals surface area contributed by atoms with Gasteiger partial charge < -0.3 is 9.80 Å².